The maximum Gasteiger partial charge on any atom is 0.120 e. The van der Waals surface area contributed by atoms with Crippen molar-refractivity contribution < 1.29 is 9.47 Å². The van der Waals surface area contributed by atoms with E-state index in [-0.39, 0.29) is 6.10 Å². The molecule has 1 heterocycles. The van der Waals surface area contributed by atoms with Crippen molar-refractivity contribution in [2.75, 3.05) is 13.2 Å². The number of hydrogen-bond donors (Lipinski definition) is 1. The van der Waals surface area contributed by atoms with E-state index >= 15 is 0 Å². The number of nitrogens with one attached hydrogen (secondary N) is 1. The molecule has 1 N–H and O–H groups in total. The zero-order valence-corrected chi connectivity index (χ0v) is 13.6. The van der Waals surface area contributed by atoms with Gasteiger partial charge in [0.25, 0.3) is 0 Å². The quantitative estimate of drug-likeness (QED) is 0.782. The van der Waals surface area contributed by atoms with E-state index < -0.39 is 0 Å². The number of hydrogen-bond acceptors (Lipinski definition) is 3. The van der Waals surface area contributed by atoms with Gasteiger partial charge in [-0.2, -0.15) is 0 Å². The fourth-order valence-corrected chi connectivity index (χ4v) is 2.83. The average molecular weight is 291 g/mol. The Hall–Kier alpha value is -1.06. The summed E-state index contributed by atoms with van der Waals surface area (Å²) in [4.78, 5) is 0. The van der Waals surface area contributed by atoms with Gasteiger partial charge in [0.15, 0.2) is 0 Å². The Morgan fingerprint density at radius 3 is 2.90 bits per heavy atom. The molecular weight excluding hydrogens is 262 g/mol. The van der Waals surface area contributed by atoms with Crippen LogP contribution in [0.4, 0.5) is 0 Å². The van der Waals surface area contributed by atoms with Crippen molar-refractivity contribution >= 4 is 0 Å². The van der Waals surface area contributed by atoms with Crippen molar-refractivity contribution in [2.45, 2.75) is 64.7 Å². The molecule has 0 amide bonds. The monoisotopic (exact) mass is 291 g/mol. The first-order valence-corrected chi connectivity index (χ1v) is 8.30. The molecule has 0 aliphatic carbocycles. The minimum atomic E-state index is 0.209. The summed E-state index contributed by atoms with van der Waals surface area (Å²) in [5, 5.41) is 3.66. The molecule has 2 atom stereocenters. The summed E-state index contributed by atoms with van der Waals surface area (Å²) in [6.45, 7) is 8.28. The van der Waals surface area contributed by atoms with Gasteiger partial charge in [0.05, 0.1) is 12.2 Å². The Morgan fingerprint density at radius 2 is 2.24 bits per heavy atom. The van der Waals surface area contributed by atoms with Gasteiger partial charge in [0.1, 0.15) is 5.75 Å². The van der Waals surface area contributed by atoms with Crippen molar-refractivity contribution in [3.05, 3.63) is 29.8 Å². The molecule has 2 rings (SSSR count). The maximum absolute atomic E-state index is 5.82. The van der Waals surface area contributed by atoms with E-state index in [4.69, 9.17) is 9.47 Å². The second-order valence-corrected chi connectivity index (χ2v) is 6.12. The molecule has 1 fully saturated rings. The number of ether oxygens (including phenoxy) is 2. The lowest BCUT2D eigenvalue weighted by Crippen LogP contribution is -2.26. The SMILES string of the molecule is CCCNC(CC1CCCO1)c1cccc(OC(C)C)c1. The standard InChI is InChI=1S/C18H29NO2/c1-4-10-19-18(13-16-9-6-11-20-16)15-7-5-8-17(12-15)21-14(2)3/h5,7-8,12,14,16,18-19H,4,6,9-11,13H2,1-3H3. The van der Waals surface area contributed by atoms with Crippen LogP contribution in [0.1, 0.15) is 58.1 Å². The number of rotatable bonds is 8. The van der Waals surface area contributed by atoms with Gasteiger partial charge in [-0.15, -0.1) is 0 Å². The van der Waals surface area contributed by atoms with Crippen LogP contribution in [0.25, 0.3) is 0 Å². The van der Waals surface area contributed by atoms with Crippen LogP contribution in [0, 0.1) is 0 Å². The van der Waals surface area contributed by atoms with Gasteiger partial charge in [-0.05, 0) is 63.8 Å². The van der Waals surface area contributed by atoms with Gasteiger partial charge in [-0.1, -0.05) is 19.1 Å². The van der Waals surface area contributed by atoms with Crippen LogP contribution in [0.2, 0.25) is 0 Å². The van der Waals surface area contributed by atoms with E-state index in [9.17, 15) is 0 Å². The second-order valence-electron chi connectivity index (χ2n) is 6.12. The van der Waals surface area contributed by atoms with E-state index in [0.29, 0.717) is 12.1 Å². The third kappa shape index (κ3) is 5.33. The van der Waals surface area contributed by atoms with Gasteiger partial charge in [0, 0.05) is 12.6 Å². The highest BCUT2D eigenvalue weighted by Gasteiger charge is 2.21. The smallest absolute Gasteiger partial charge is 0.120 e. The predicted molar refractivity (Wildman–Crippen MR) is 86.8 cm³/mol. The fourth-order valence-electron chi connectivity index (χ4n) is 2.83. The lowest BCUT2D eigenvalue weighted by Gasteiger charge is -2.23. The normalized spacial score (nSPS) is 19.9. The van der Waals surface area contributed by atoms with Crippen LogP contribution in [0.3, 0.4) is 0 Å². The second kappa shape index (κ2) is 8.40. The summed E-state index contributed by atoms with van der Waals surface area (Å²) in [7, 11) is 0. The Labute approximate surface area is 129 Å². The molecule has 1 aliphatic rings. The first-order chi connectivity index (χ1) is 10.2. The molecule has 21 heavy (non-hydrogen) atoms. The summed E-state index contributed by atoms with van der Waals surface area (Å²) in [5.74, 6) is 0.957. The molecule has 1 saturated heterocycles. The molecule has 0 bridgehead atoms. The zero-order valence-electron chi connectivity index (χ0n) is 13.6. The molecule has 1 aliphatic heterocycles. The van der Waals surface area contributed by atoms with Crippen LogP contribution >= 0.6 is 0 Å². The molecule has 0 saturated carbocycles. The van der Waals surface area contributed by atoms with Crippen LogP contribution in [-0.4, -0.2) is 25.4 Å². The van der Waals surface area contributed by atoms with E-state index in [0.717, 1.165) is 31.7 Å². The molecule has 3 heteroatoms. The minimum absolute atomic E-state index is 0.209. The Kier molecular flexibility index (Phi) is 6.52. The van der Waals surface area contributed by atoms with Crippen LogP contribution in [0.15, 0.2) is 24.3 Å². The molecule has 1 aromatic carbocycles. The van der Waals surface area contributed by atoms with Crippen LogP contribution < -0.4 is 10.1 Å². The largest absolute Gasteiger partial charge is 0.491 e. The highest BCUT2D eigenvalue weighted by atomic mass is 16.5. The van der Waals surface area contributed by atoms with Gasteiger partial charge in [0.2, 0.25) is 0 Å². The van der Waals surface area contributed by atoms with E-state index in [1.54, 1.807) is 0 Å². The lowest BCUT2D eigenvalue weighted by molar-refractivity contribution is 0.0945. The van der Waals surface area contributed by atoms with E-state index in [1.165, 1.54) is 18.4 Å². The summed E-state index contributed by atoms with van der Waals surface area (Å²) in [6, 6.07) is 8.83. The third-order valence-corrected chi connectivity index (χ3v) is 3.80. The number of benzene rings is 1. The average Bonchev–Trinajstić information content (AvgIpc) is 2.96. The Balaban J connectivity index is 2.06. The maximum atomic E-state index is 5.82. The van der Waals surface area contributed by atoms with Crippen LogP contribution in [-0.2, 0) is 4.74 Å². The van der Waals surface area contributed by atoms with Gasteiger partial charge >= 0.3 is 0 Å². The molecule has 3 nitrogen and oxygen atoms in total. The minimum Gasteiger partial charge on any atom is -0.491 e. The predicted octanol–water partition coefficient (Wildman–Crippen LogP) is 4.08. The molecule has 2 unspecified atom stereocenters. The molecular formula is C18H29NO2. The zero-order chi connectivity index (χ0) is 15.1. The fraction of sp³-hybridized carbons (Fsp3) is 0.667. The van der Waals surface area contributed by atoms with E-state index in [2.05, 4.69) is 44.3 Å². The topological polar surface area (TPSA) is 30.5 Å². The van der Waals surface area contributed by atoms with Gasteiger partial charge in [-0.25, -0.2) is 0 Å². The van der Waals surface area contributed by atoms with Crippen molar-refractivity contribution in [3.63, 3.8) is 0 Å². The summed E-state index contributed by atoms with van der Waals surface area (Å²) >= 11 is 0. The van der Waals surface area contributed by atoms with Crippen molar-refractivity contribution in [2.24, 2.45) is 0 Å². The van der Waals surface area contributed by atoms with Crippen molar-refractivity contribution in [3.8, 4) is 5.75 Å². The van der Waals surface area contributed by atoms with Crippen molar-refractivity contribution in [1.82, 2.24) is 5.32 Å². The Bertz CT molecular complexity index is 413. The molecule has 0 spiro atoms. The highest BCUT2D eigenvalue weighted by molar-refractivity contribution is 5.31. The first-order valence-electron chi connectivity index (χ1n) is 8.30. The molecule has 1 aromatic rings. The summed E-state index contributed by atoms with van der Waals surface area (Å²) in [6.07, 6.45) is 5.18. The highest BCUT2D eigenvalue weighted by Crippen LogP contribution is 2.27. The van der Waals surface area contributed by atoms with Crippen LogP contribution in [0.5, 0.6) is 5.75 Å². The molecule has 0 aromatic heterocycles. The van der Waals surface area contributed by atoms with Gasteiger partial charge in [-0.3, -0.25) is 0 Å². The summed E-state index contributed by atoms with van der Waals surface area (Å²) < 4.78 is 11.6. The van der Waals surface area contributed by atoms with E-state index in [1.807, 2.05) is 6.07 Å². The third-order valence-electron chi connectivity index (χ3n) is 3.80. The molecule has 118 valence electrons. The van der Waals surface area contributed by atoms with Crippen molar-refractivity contribution in [1.29, 1.82) is 0 Å². The molecule has 0 radical (unpaired) electrons. The summed E-state index contributed by atoms with van der Waals surface area (Å²) in [5.41, 5.74) is 1.30. The lowest BCUT2D eigenvalue weighted by atomic mass is 9.99. The van der Waals surface area contributed by atoms with Gasteiger partial charge < -0.3 is 14.8 Å². The first kappa shape index (κ1) is 16.3. The Morgan fingerprint density at radius 1 is 1.38 bits per heavy atom.